The molecule has 8 heteroatoms. The number of carbonyl (C=O) groups is 1. The van der Waals surface area contributed by atoms with Crippen molar-refractivity contribution in [3.63, 3.8) is 0 Å². The number of carboxylic acids is 1. The first-order chi connectivity index (χ1) is 13.8. The minimum atomic E-state index is -3.67. The Bertz CT molecular complexity index is 989. The maximum atomic E-state index is 13.0. The number of aliphatic carboxylic acids is 1. The summed E-state index contributed by atoms with van der Waals surface area (Å²) < 4.78 is 27.5. The quantitative estimate of drug-likeness (QED) is 0.756. The molecule has 4 rings (SSSR count). The maximum Gasteiger partial charge on any atom is 0.311 e. The van der Waals surface area contributed by atoms with Crippen molar-refractivity contribution in [3.8, 4) is 0 Å². The summed E-state index contributed by atoms with van der Waals surface area (Å²) >= 11 is 5.93. The van der Waals surface area contributed by atoms with E-state index in [4.69, 9.17) is 11.6 Å². The van der Waals surface area contributed by atoms with Crippen molar-refractivity contribution in [3.05, 3.63) is 65.2 Å². The molecule has 154 valence electrons. The molecule has 0 aromatic heterocycles. The number of anilines is 1. The average Bonchev–Trinajstić information content (AvgIpc) is 3.44. The lowest BCUT2D eigenvalue weighted by Gasteiger charge is -2.36. The third-order valence-corrected chi connectivity index (χ3v) is 8.25. The molecule has 2 aliphatic rings. The number of sulfonamides is 1. The molecule has 0 radical (unpaired) electrons. The Balaban J connectivity index is 1.44. The molecule has 2 aromatic rings. The zero-order chi connectivity index (χ0) is 20.6. The Labute approximate surface area is 175 Å². The highest BCUT2D eigenvalue weighted by Crippen LogP contribution is 2.60. The Morgan fingerprint density at radius 1 is 1.03 bits per heavy atom. The van der Waals surface area contributed by atoms with Gasteiger partial charge in [0.2, 0.25) is 10.0 Å². The normalized spacial score (nSPS) is 25.0. The lowest BCUT2D eigenvalue weighted by atomic mass is 10.0. The maximum absolute atomic E-state index is 13.0. The smallest absolute Gasteiger partial charge is 0.311 e. The van der Waals surface area contributed by atoms with E-state index in [-0.39, 0.29) is 11.7 Å². The van der Waals surface area contributed by atoms with Gasteiger partial charge in [-0.2, -0.15) is 4.31 Å². The number of piperazine rings is 1. The third-order valence-electron chi connectivity index (χ3n) is 5.97. The molecule has 1 aliphatic carbocycles. The second-order valence-corrected chi connectivity index (χ2v) is 10.2. The molecule has 2 atom stereocenters. The second kappa shape index (κ2) is 7.63. The molecule has 0 amide bonds. The van der Waals surface area contributed by atoms with Gasteiger partial charge in [0.15, 0.2) is 0 Å². The van der Waals surface area contributed by atoms with Crippen molar-refractivity contribution in [1.29, 1.82) is 0 Å². The molecule has 2 unspecified atom stereocenters. The summed E-state index contributed by atoms with van der Waals surface area (Å²) in [5, 5.41) is 10.5. The summed E-state index contributed by atoms with van der Waals surface area (Å²) in [6.45, 7) is 1.80. The topological polar surface area (TPSA) is 77.9 Å². The summed E-state index contributed by atoms with van der Waals surface area (Å²) in [5.41, 5.74) is 0.658. The van der Waals surface area contributed by atoms with Gasteiger partial charge in [0.1, 0.15) is 0 Å². The first-order valence-corrected chi connectivity index (χ1v) is 11.6. The van der Waals surface area contributed by atoms with E-state index in [0.29, 0.717) is 37.6 Å². The monoisotopic (exact) mass is 434 g/mol. The zero-order valence-electron chi connectivity index (χ0n) is 15.9. The summed E-state index contributed by atoms with van der Waals surface area (Å²) in [6.07, 6.45) is 0.357. The summed E-state index contributed by atoms with van der Waals surface area (Å²) in [6, 6.07) is 16.8. The molecule has 29 heavy (non-hydrogen) atoms. The van der Waals surface area contributed by atoms with Crippen LogP contribution in [0.15, 0.2) is 54.6 Å². The summed E-state index contributed by atoms with van der Waals surface area (Å²) in [4.78, 5) is 14.1. The van der Waals surface area contributed by atoms with Crippen LogP contribution in [0.4, 0.5) is 5.69 Å². The van der Waals surface area contributed by atoms with E-state index in [9.17, 15) is 18.3 Å². The summed E-state index contributed by atoms with van der Waals surface area (Å²) in [7, 11) is -3.67. The van der Waals surface area contributed by atoms with Crippen LogP contribution in [-0.4, -0.2) is 55.7 Å². The number of halogens is 1. The van der Waals surface area contributed by atoms with E-state index in [1.807, 2.05) is 54.6 Å². The molecule has 1 saturated carbocycles. The molecule has 1 N–H and O–H groups in total. The van der Waals surface area contributed by atoms with Crippen molar-refractivity contribution in [2.45, 2.75) is 12.3 Å². The first kappa shape index (κ1) is 20.2. The van der Waals surface area contributed by atoms with Crippen LogP contribution in [0.25, 0.3) is 0 Å². The fourth-order valence-corrected chi connectivity index (χ4v) is 6.30. The number of hydrogen-bond donors (Lipinski definition) is 1. The van der Waals surface area contributed by atoms with Crippen LogP contribution in [0, 0.1) is 5.41 Å². The van der Waals surface area contributed by atoms with Crippen molar-refractivity contribution in [2.24, 2.45) is 5.41 Å². The van der Waals surface area contributed by atoms with Crippen molar-refractivity contribution in [1.82, 2.24) is 4.31 Å². The van der Waals surface area contributed by atoms with Gasteiger partial charge in [0.25, 0.3) is 0 Å². The molecule has 2 aromatic carbocycles. The van der Waals surface area contributed by atoms with Crippen LogP contribution in [0.1, 0.15) is 17.9 Å². The van der Waals surface area contributed by atoms with Gasteiger partial charge in [-0.1, -0.05) is 41.9 Å². The Kier molecular flexibility index (Phi) is 5.31. The molecule has 6 nitrogen and oxygen atoms in total. The number of hydrogen-bond acceptors (Lipinski definition) is 4. The number of nitrogens with zero attached hydrogens (tertiary/aromatic N) is 2. The van der Waals surface area contributed by atoms with Crippen LogP contribution in [-0.2, 0) is 14.8 Å². The van der Waals surface area contributed by atoms with Crippen LogP contribution in [0.5, 0.6) is 0 Å². The highest BCUT2D eigenvalue weighted by atomic mass is 35.5. The molecule has 1 heterocycles. The fraction of sp³-hybridized carbons (Fsp3) is 0.381. The highest BCUT2D eigenvalue weighted by Gasteiger charge is 2.63. The van der Waals surface area contributed by atoms with Crippen molar-refractivity contribution < 1.29 is 18.3 Å². The van der Waals surface area contributed by atoms with E-state index in [0.717, 1.165) is 11.3 Å². The van der Waals surface area contributed by atoms with E-state index in [1.54, 1.807) is 0 Å². The van der Waals surface area contributed by atoms with Crippen LogP contribution in [0.2, 0.25) is 5.02 Å². The lowest BCUT2D eigenvalue weighted by Crippen LogP contribution is -2.50. The predicted molar refractivity (Wildman–Crippen MR) is 113 cm³/mol. The van der Waals surface area contributed by atoms with E-state index < -0.39 is 21.4 Å². The molecule has 1 aliphatic heterocycles. The van der Waals surface area contributed by atoms with Gasteiger partial charge in [-0.3, -0.25) is 4.79 Å². The SMILES string of the molecule is O=C(O)C1(CS(=O)(=O)N2CCN(c3ccc(Cl)cc3)CC2)CC1c1ccccc1. The van der Waals surface area contributed by atoms with Gasteiger partial charge in [0.05, 0.1) is 11.2 Å². The van der Waals surface area contributed by atoms with Crippen LogP contribution in [0.3, 0.4) is 0 Å². The lowest BCUT2D eigenvalue weighted by molar-refractivity contribution is -0.142. The Morgan fingerprint density at radius 2 is 1.66 bits per heavy atom. The summed E-state index contributed by atoms with van der Waals surface area (Å²) in [5.74, 6) is -1.64. The van der Waals surface area contributed by atoms with Crippen LogP contribution >= 0.6 is 11.6 Å². The molecular formula is C21H23ClN2O4S. The average molecular weight is 435 g/mol. The van der Waals surface area contributed by atoms with Crippen molar-refractivity contribution in [2.75, 3.05) is 36.8 Å². The fourth-order valence-electron chi connectivity index (χ4n) is 4.18. The van der Waals surface area contributed by atoms with Gasteiger partial charge < -0.3 is 10.0 Å². The molecule has 0 bridgehead atoms. The van der Waals surface area contributed by atoms with E-state index in [1.165, 1.54) is 4.31 Å². The molecule has 0 spiro atoms. The minimum absolute atomic E-state index is 0.258. The van der Waals surface area contributed by atoms with Gasteiger partial charge in [-0.05, 0) is 36.2 Å². The zero-order valence-corrected chi connectivity index (χ0v) is 17.4. The van der Waals surface area contributed by atoms with E-state index >= 15 is 0 Å². The van der Waals surface area contributed by atoms with Gasteiger partial charge in [-0.25, -0.2) is 8.42 Å². The minimum Gasteiger partial charge on any atom is -0.481 e. The predicted octanol–water partition coefficient (Wildman–Crippen LogP) is 3.05. The molecular weight excluding hydrogens is 412 g/mol. The second-order valence-electron chi connectivity index (χ2n) is 7.75. The third kappa shape index (κ3) is 3.99. The number of carboxylic acid groups (broad SMARTS) is 1. The largest absolute Gasteiger partial charge is 0.481 e. The molecule has 1 saturated heterocycles. The number of benzene rings is 2. The highest BCUT2D eigenvalue weighted by molar-refractivity contribution is 7.89. The Morgan fingerprint density at radius 3 is 2.24 bits per heavy atom. The van der Waals surface area contributed by atoms with Crippen LogP contribution < -0.4 is 4.90 Å². The van der Waals surface area contributed by atoms with Gasteiger partial charge in [0, 0.05) is 42.8 Å². The Hall–Kier alpha value is -2.09. The first-order valence-electron chi connectivity index (χ1n) is 9.58. The van der Waals surface area contributed by atoms with Crippen molar-refractivity contribution >= 4 is 33.3 Å². The molecule has 2 fully saturated rings. The standard InChI is InChI=1S/C21H23ClN2O4S/c22-17-6-8-18(9-7-17)23-10-12-24(13-11-23)29(27,28)15-21(20(25)26)14-19(21)16-4-2-1-3-5-16/h1-9,19H,10-15H2,(H,25,26). The number of rotatable bonds is 6. The van der Waals surface area contributed by atoms with Gasteiger partial charge >= 0.3 is 5.97 Å². The van der Waals surface area contributed by atoms with Gasteiger partial charge in [-0.15, -0.1) is 0 Å². The van der Waals surface area contributed by atoms with E-state index in [2.05, 4.69) is 4.90 Å².